The van der Waals surface area contributed by atoms with Crippen LogP contribution in [0.15, 0.2) is 116 Å². The fraction of sp³-hybridized carbons (Fsp3) is 0.231. The van der Waals surface area contributed by atoms with Crippen LogP contribution in [0.5, 0.6) is 11.5 Å². The Morgan fingerprint density at radius 1 is 0.633 bits per heavy atom. The molecule has 0 bridgehead atoms. The molecule has 2 heterocycles. The van der Waals surface area contributed by atoms with Gasteiger partial charge in [-0.15, -0.1) is 0 Å². The van der Waals surface area contributed by atoms with Crippen LogP contribution in [0.3, 0.4) is 0 Å². The number of nitrogens with one attached hydrogen (secondary N) is 2. The quantitative estimate of drug-likeness (QED) is 0.0947. The molecule has 252 valence electrons. The van der Waals surface area contributed by atoms with E-state index in [9.17, 15) is 9.59 Å². The van der Waals surface area contributed by atoms with Gasteiger partial charge in [0.25, 0.3) is 11.8 Å². The molecule has 2 amide bonds. The number of carbonyl (C=O) groups is 2. The minimum absolute atomic E-state index is 0.0116. The van der Waals surface area contributed by atoms with Crippen LogP contribution in [-0.2, 0) is 10.3 Å². The van der Waals surface area contributed by atoms with E-state index in [0.29, 0.717) is 55.1 Å². The zero-order valence-corrected chi connectivity index (χ0v) is 27.6. The molecule has 10 nitrogen and oxygen atoms in total. The molecule has 5 rings (SSSR count). The lowest BCUT2D eigenvalue weighted by atomic mass is 9.80. The number of pyridine rings is 2. The molecule has 49 heavy (non-hydrogen) atoms. The van der Waals surface area contributed by atoms with Gasteiger partial charge in [0.05, 0.1) is 43.3 Å². The average molecular weight is 661 g/mol. The molecule has 0 aliphatic carbocycles. The summed E-state index contributed by atoms with van der Waals surface area (Å²) in [6.45, 7) is 1.14. The van der Waals surface area contributed by atoms with Crippen molar-refractivity contribution in [3.8, 4) is 22.9 Å². The predicted molar refractivity (Wildman–Crippen MR) is 187 cm³/mol. The van der Waals surface area contributed by atoms with Gasteiger partial charge in [-0.25, -0.2) is 0 Å². The fourth-order valence-electron chi connectivity index (χ4n) is 5.42. The monoisotopic (exact) mass is 660 g/mol. The molecule has 5 aromatic rings. The third-order valence-corrected chi connectivity index (χ3v) is 8.03. The number of amides is 2. The van der Waals surface area contributed by atoms with Crippen molar-refractivity contribution in [3.63, 3.8) is 0 Å². The number of hydrogen-bond acceptors (Lipinski definition) is 8. The van der Waals surface area contributed by atoms with E-state index >= 15 is 0 Å². The van der Waals surface area contributed by atoms with Crippen LogP contribution in [-0.4, -0.2) is 67.4 Å². The third-order valence-electron chi connectivity index (χ3n) is 8.03. The largest absolute Gasteiger partial charge is 0.497 e. The van der Waals surface area contributed by atoms with Gasteiger partial charge >= 0.3 is 0 Å². The van der Waals surface area contributed by atoms with E-state index < -0.39 is 5.60 Å². The number of hydrogen-bond donors (Lipinski definition) is 3. The van der Waals surface area contributed by atoms with Gasteiger partial charge in [-0.3, -0.25) is 19.6 Å². The molecule has 2 aromatic heterocycles. The summed E-state index contributed by atoms with van der Waals surface area (Å²) in [4.78, 5) is 33.9. The van der Waals surface area contributed by atoms with Crippen LogP contribution < -0.4 is 20.1 Å². The summed E-state index contributed by atoms with van der Waals surface area (Å²) in [6.07, 6.45) is 4.02. The number of aliphatic hydroxyl groups excluding tert-OH is 1. The topological polar surface area (TPSA) is 132 Å². The Hall–Kier alpha value is -5.58. The lowest BCUT2D eigenvalue weighted by Crippen LogP contribution is -2.34. The standard InChI is InChI=1S/C39H40N4O6/c1-47-33-16-12-31(13-17-33)39(30-8-4-3-5-9-30,32-14-18-34(48-2)19-15-32)49-25-7-23-41-38(46)29-11-21-36(43-27-29)35-20-10-28(26-42-35)37(45)40-22-6-24-44/h3-5,8-21,26-27,44H,6-7,22-25H2,1-2H3,(H,40,45)(H,41,46). The number of methoxy groups -OCH3 is 2. The van der Waals surface area contributed by atoms with E-state index in [1.165, 1.54) is 12.4 Å². The minimum Gasteiger partial charge on any atom is -0.497 e. The summed E-state index contributed by atoms with van der Waals surface area (Å²) in [5.41, 5.74) is 3.88. The van der Waals surface area contributed by atoms with Gasteiger partial charge in [-0.2, -0.15) is 0 Å². The van der Waals surface area contributed by atoms with E-state index in [-0.39, 0.29) is 18.4 Å². The Morgan fingerprint density at radius 3 is 1.53 bits per heavy atom. The summed E-state index contributed by atoms with van der Waals surface area (Å²) in [7, 11) is 3.28. The van der Waals surface area contributed by atoms with E-state index in [1.54, 1.807) is 38.5 Å². The Bertz CT molecular complexity index is 1730. The Balaban J connectivity index is 1.24. The van der Waals surface area contributed by atoms with Gasteiger partial charge in [0.15, 0.2) is 0 Å². The van der Waals surface area contributed by atoms with E-state index in [0.717, 1.165) is 28.2 Å². The summed E-state index contributed by atoms with van der Waals surface area (Å²) in [6, 6.07) is 32.6. The highest BCUT2D eigenvalue weighted by molar-refractivity contribution is 5.94. The van der Waals surface area contributed by atoms with Crippen LogP contribution in [0.4, 0.5) is 0 Å². The molecular weight excluding hydrogens is 620 g/mol. The molecule has 0 fully saturated rings. The number of carbonyl (C=O) groups excluding carboxylic acids is 2. The molecule has 0 aliphatic rings. The number of rotatable bonds is 16. The van der Waals surface area contributed by atoms with Crippen molar-refractivity contribution in [2.75, 3.05) is 40.5 Å². The van der Waals surface area contributed by atoms with E-state index in [4.69, 9.17) is 19.3 Å². The summed E-state index contributed by atoms with van der Waals surface area (Å²) in [5.74, 6) is 0.983. The van der Waals surface area contributed by atoms with Gasteiger partial charge < -0.3 is 30.0 Å². The summed E-state index contributed by atoms with van der Waals surface area (Å²) in [5, 5.41) is 14.6. The summed E-state index contributed by atoms with van der Waals surface area (Å²) < 4.78 is 17.7. The molecule has 10 heteroatoms. The number of ether oxygens (including phenoxy) is 3. The molecule has 3 N–H and O–H groups in total. The van der Waals surface area contributed by atoms with Crippen molar-refractivity contribution in [2.45, 2.75) is 18.4 Å². The molecule has 0 unspecified atom stereocenters. The Labute approximate surface area is 286 Å². The minimum atomic E-state index is -0.931. The van der Waals surface area contributed by atoms with Crippen molar-refractivity contribution < 1.29 is 28.9 Å². The molecule has 0 spiro atoms. The number of benzene rings is 3. The molecule has 0 atom stereocenters. The molecular formula is C39H40N4O6. The Kier molecular flexibility index (Phi) is 12.1. The molecule has 0 aliphatic heterocycles. The first-order valence-corrected chi connectivity index (χ1v) is 16.1. The van der Waals surface area contributed by atoms with Crippen LogP contribution in [0.2, 0.25) is 0 Å². The van der Waals surface area contributed by atoms with Crippen molar-refractivity contribution in [3.05, 3.63) is 143 Å². The molecule has 0 radical (unpaired) electrons. The second-order valence-electron chi connectivity index (χ2n) is 11.2. The normalized spacial score (nSPS) is 11.1. The second-order valence-corrected chi connectivity index (χ2v) is 11.2. The first kappa shape index (κ1) is 34.7. The number of aromatic nitrogens is 2. The van der Waals surface area contributed by atoms with Gasteiger partial charge in [0.1, 0.15) is 17.1 Å². The zero-order valence-electron chi connectivity index (χ0n) is 27.6. The Morgan fingerprint density at radius 2 is 1.10 bits per heavy atom. The lowest BCUT2D eigenvalue weighted by molar-refractivity contribution is 0.0117. The maximum absolute atomic E-state index is 13.0. The van der Waals surface area contributed by atoms with Crippen LogP contribution >= 0.6 is 0 Å². The lowest BCUT2D eigenvalue weighted by Gasteiger charge is -2.36. The highest BCUT2D eigenvalue weighted by Gasteiger charge is 2.37. The van der Waals surface area contributed by atoms with Gasteiger partial charge in [0, 0.05) is 32.1 Å². The summed E-state index contributed by atoms with van der Waals surface area (Å²) >= 11 is 0. The van der Waals surface area contributed by atoms with Crippen LogP contribution in [0.25, 0.3) is 11.4 Å². The first-order chi connectivity index (χ1) is 24.0. The maximum Gasteiger partial charge on any atom is 0.252 e. The predicted octanol–water partition coefficient (Wildman–Crippen LogP) is 5.40. The first-order valence-electron chi connectivity index (χ1n) is 16.1. The zero-order chi connectivity index (χ0) is 34.5. The van der Waals surface area contributed by atoms with Crippen molar-refractivity contribution in [1.82, 2.24) is 20.6 Å². The molecule has 0 saturated carbocycles. The van der Waals surface area contributed by atoms with Crippen LogP contribution in [0.1, 0.15) is 50.2 Å². The molecule has 0 saturated heterocycles. The van der Waals surface area contributed by atoms with Gasteiger partial charge in [-0.1, -0.05) is 54.6 Å². The van der Waals surface area contributed by atoms with Gasteiger partial charge in [0.2, 0.25) is 0 Å². The third kappa shape index (κ3) is 8.48. The fourth-order valence-corrected chi connectivity index (χ4v) is 5.42. The van der Waals surface area contributed by atoms with Crippen LogP contribution in [0, 0.1) is 0 Å². The van der Waals surface area contributed by atoms with Crippen molar-refractivity contribution >= 4 is 11.8 Å². The van der Waals surface area contributed by atoms with E-state index in [2.05, 4.69) is 32.7 Å². The average Bonchev–Trinajstić information content (AvgIpc) is 3.17. The van der Waals surface area contributed by atoms with Crippen molar-refractivity contribution in [1.29, 1.82) is 0 Å². The maximum atomic E-state index is 13.0. The van der Waals surface area contributed by atoms with Gasteiger partial charge in [-0.05, 0) is 78.1 Å². The number of nitrogens with zero attached hydrogens (tertiary/aromatic N) is 2. The second kappa shape index (κ2) is 17.0. The highest BCUT2D eigenvalue weighted by atomic mass is 16.5. The van der Waals surface area contributed by atoms with Crippen molar-refractivity contribution in [2.24, 2.45) is 0 Å². The number of aliphatic hydroxyl groups is 1. The molecule has 3 aromatic carbocycles. The smallest absolute Gasteiger partial charge is 0.252 e. The SMILES string of the molecule is COc1ccc(C(OCCCNC(=O)c2ccc(-c3ccc(C(=O)NCCCO)cn3)nc2)(c2ccccc2)c2ccc(OC)cc2)cc1. The highest BCUT2D eigenvalue weighted by Crippen LogP contribution is 2.41. The van der Waals surface area contributed by atoms with E-state index in [1.807, 2.05) is 66.7 Å².